The molecule has 0 saturated carbocycles. The Balaban J connectivity index is 1.49. The van der Waals surface area contributed by atoms with Crippen LogP contribution in [0.5, 0.6) is 0 Å². The number of fused-ring (bicyclic) bond motifs is 3. The summed E-state index contributed by atoms with van der Waals surface area (Å²) in [5.74, 6) is 1.64. The molecule has 3 aliphatic heterocycles. The molecule has 0 unspecified atom stereocenters. The molecule has 7 nitrogen and oxygen atoms in total. The number of ketones is 1. The maximum atomic E-state index is 12.8. The van der Waals surface area contributed by atoms with Crippen molar-refractivity contribution < 1.29 is 9.53 Å². The first-order valence-electron chi connectivity index (χ1n) is 9.97. The van der Waals surface area contributed by atoms with Crippen LogP contribution < -0.4 is 5.32 Å². The van der Waals surface area contributed by atoms with Gasteiger partial charge in [0.25, 0.3) is 0 Å². The zero-order chi connectivity index (χ0) is 19.6. The van der Waals surface area contributed by atoms with Crippen LogP contribution in [-0.2, 0) is 11.3 Å². The quantitative estimate of drug-likeness (QED) is 0.638. The summed E-state index contributed by atoms with van der Waals surface area (Å²) in [5.41, 5.74) is 3.92. The fraction of sp³-hybridized carbons (Fsp3) is 0.318. The summed E-state index contributed by atoms with van der Waals surface area (Å²) < 4.78 is 5.47. The van der Waals surface area contributed by atoms with Gasteiger partial charge in [-0.25, -0.2) is 0 Å². The Kier molecular flexibility index (Phi) is 4.83. The summed E-state index contributed by atoms with van der Waals surface area (Å²) in [6.45, 7) is 5.74. The number of allylic oxidation sites excluding steroid dienone is 1. The maximum absolute atomic E-state index is 12.8. The lowest BCUT2D eigenvalue weighted by Gasteiger charge is -2.34. The third-order valence-corrected chi connectivity index (χ3v) is 5.49. The van der Waals surface area contributed by atoms with Gasteiger partial charge >= 0.3 is 0 Å². The van der Waals surface area contributed by atoms with Crippen molar-refractivity contribution in [1.82, 2.24) is 14.8 Å². The summed E-state index contributed by atoms with van der Waals surface area (Å²) in [4.78, 5) is 26.0. The zero-order valence-electron chi connectivity index (χ0n) is 16.2. The number of morpholine rings is 1. The predicted molar refractivity (Wildman–Crippen MR) is 111 cm³/mol. The van der Waals surface area contributed by atoms with E-state index in [1.165, 1.54) is 5.56 Å². The van der Waals surface area contributed by atoms with Crippen LogP contribution >= 0.6 is 0 Å². The average molecular weight is 389 g/mol. The molecular weight excluding hydrogens is 366 g/mol. The fourth-order valence-electron chi connectivity index (χ4n) is 4.00. The number of nitrogens with zero attached hydrogens (tertiary/aromatic N) is 4. The normalized spacial score (nSPS) is 20.1. The van der Waals surface area contributed by atoms with Crippen LogP contribution in [0.25, 0.3) is 0 Å². The second kappa shape index (κ2) is 7.77. The first kappa shape index (κ1) is 18.0. The molecule has 1 N–H and O–H groups in total. The molecule has 29 heavy (non-hydrogen) atoms. The van der Waals surface area contributed by atoms with Crippen molar-refractivity contribution in [3.8, 4) is 0 Å². The number of amidine groups is 1. The molecule has 0 radical (unpaired) electrons. The van der Waals surface area contributed by atoms with Gasteiger partial charge in [0.2, 0.25) is 0 Å². The van der Waals surface area contributed by atoms with E-state index >= 15 is 0 Å². The fourth-order valence-corrected chi connectivity index (χ4v) is 4.00. The molecule has 1 fully saturated rings. The minimum atomic E-state index is -0.0686. The van der Waals surface area contributed by atoms with Crippen molar-refractivity contribution in [3.05, 3.63) is 71.3 Å². The zero-order valence-corrected chi connectivity index (χ0v) is 16.2. The standard InChI is InChI=1S/C22H23N5O2/c28-19(16-4-2-6-23-14-16)13-20-25-21-17(15-26-9-11-29-12-10-26)3-1-5-18(21)22-24-7-8-27(20)22/h1-6,13-14,25H,7-12,15H2. The Labute approximate surface area is 169 Å². The molecule has 1 saturated heterocycles. The molecule has 2 aromatic rings. The van der Waals surface area contributed by atoms with Gasteiger partial charge in [-0.1, -0.05) is 12.1 Å². The number of para-hydroxylation sites is 1. The number of benzene rings is 1. The second-order valence-corrected chi connectivity index (χ2v) is 7.35. The van der Waals surface area contributed by atoms with Gasteiger partial charge in [-0.15, -0.1) is 0 Å². The Morgan fingerprint density at radius 1 is 1.17 bits per heavy atom. The third-order valence-electron chi connectivity index (χ3n) is 5.49. The highest BCUT2D eigenvalue weighted by atomic mass is 16.5. The van der Waals surface area contributed by atoms with Crippen LogP contribution in [0, 0.1) is 0 Å². The van der Waals surface area contributed by atoms with Crippen molar-refractivity contribution in [2.24, 2.45) is 4.99 Å². The van der Waals surface area contributed by atoms with E-state index < -0.39 is 0 Å². The Bertz CT molecular complexity index is 980. The van der Waals surface area contributed by atoms with E-state index in [-0.39, 0.29) is 5.78 Å². The molecule has 0 atom stereocenters. The van der Waals surface area contributed by atoms with Crippen LogP contribution in [0.2, 0.25) is 0 Å². The molecule has 7 heteroatoms. The number of carbonyl (C=O) groups is 1. The van der Waals surface area contributed by atoms with E-state index in [4.69, 9.17) is 9.73 Å². The number of ether oxygens (including phenoxy) is 1. The first-order valence-corrected chi connectivity index (χ1v) is 9.97. The van der Waals surface area contributed by atoms with Crippen LogP contribution in [0.15, 0.2) is 59.6 Å². The monoisotopic (exact) mass is 389 g/mol. The molecule has 3 aliphatic rings. The van der Waals surface area contributed by atoms with E-state index in [0.29, 0.717) is 5.56 Å². The van der Waals surface area contributed by atoms with Crippen molar-refractivity contribution >= 4 is 17.3 Å². The first-order chi connectivity index (χ1) is 14.3. The highest BCUT2D eigenvalue weighted by Gasteiger charge is 2.31. The Morgan fingerprint density at radius 3 is 2.90 bits per heavy atom. The number of hydrogen-bond acceptors (Lipinski definition) is 7. The van der Waals surface area contributed by atoms with E-state index in [2.05, 4.69) is 38.3 Å². The number of anilines is 1. The Hall–Kier alpha value is -3.03. The van der Waals surface area contributed by atoms with Gasteiger partial charge in [0, 0.05) is 55.8 Å². The van der Waals surface area contributed by atoms with Crippen LogP contribution in [-0.4, -0.2) is 65.8 Å². The van der Waals surface area contributed by atoms with Gasteiger partial charge in [0.05, 0.1) is 25.4 Å². The highest BCUT2D eigenvalue weighted by molar-refractivity contribution is 6.10. The van der Waals surface area contributed by atoms with Gasteiger partial charge in [-0.05, 0) is 23.8 Å². The Morgan fingerprint density at radius 2 is 2.07 bits per heavy atom. The molecular formula is C22H23N5O2. The maximum Gasteiger partial charge on any atom is 0.191 e. The molecule has 0 bridgehead atoms. The molecule has 148 valence electrons. The number of carbonyl (C=O) groups excluding carboxylic acids is 1. The number of aromatic nitrogens is 1. The van der Waals surface area contributed by atoms with E-state index in [1.807, 2.05) is 0 Å². The average Bonchev–Trinajstić information content (AvgIpc) is 3.26. The van der Waals surface area contributed by atoms with E-state index in [0.717, 1.165) is 68.8 Å². The summed E-state index contributed by atoms with van der Waals surface area (Å²) in [6.07, 6.45) is 4.92. The van der Waals surface area contributed by atoms with Gasteiger partial charge in [0.15, 0.2) is 5.78 Å². The molecule has 1 aromatic carbocycles. The van der Waals surface area contributed by atoms with Crippen molar-refractivity contribution in [2.75, 3.05) is 44.7 Å². The topological polar surface area (TPSA) is 70.1 Å². The lowest BCUT2D eigenvalue weighted by atomic mass is 10.0. The number of rotatable bonds is 4. The molecule has 0 spiro atoms. The minimum Gasteiger partial charge on any atom is -0.379 e. The number of pyridine rings is 1. The van der Waals surface area contributed by atoms with Gasteiger partial charge < -0.3 is 15.0 Å². The summed E-state index contributed by atoms with van der Waals surface area (Å²) in [5, 5.41) is 3.53. The molecule has 4 heterocycles. The largest absolute Gasteiger partial charge is 0.379 e. The van der Waals surface area contributed by atoms with Gasteiger partial charge in [-0.3, -0.25) is 19.7 Å². The van der Waals surface area contributed by atoms with Crippen LogP contribution in [0.3, 0.4) is 0 Å². The van der Waals surface area contributed by atoms with Crippen molar-refractivity contribution in [1.29, 1.82) is 0 Å². The summed E-state index contributed by atoms with van der Waals surface area (Å²) >= 11 is 0. The second-order valence-electron chi connectivity index (χ2n) is 7.35. The van der Waals surface area contributed by atoms with Gasteiger partial charge in [-0.2, -0.15) is 0 Å². The van der Waals surface area contributed by atoms with Crippen molar-refractivity contribution in [3.63, 3.8) is 0 Å². The molecule has 5 rings (SSSR count). The number of nitrogens with one attached hydrogen (secondary N) is 1. The lowest BCUT2D eigenvalue weighted by molar-refractivity contribution is 0.0342. The molecule has 1 aromatic heterocycles. The van der Waals surface area contributed by atoms with Crippen molar-refractivity contribution in [2.45, 2.75) is 6.54 Å². The predicted octanol–water partition coefficient (Wildman–Crippen LogP) is 2.13. The third kappa shape index (κ3) is 3.54. The SMILES string of the molecule is O=C(C=C1Nc2c(CN3CCOCC3)cccc2C2=NCCN12)c1cccnc1. The van der Waals surface area contributed by atoms with E-state index in [1.54, 1.807) is 30.6 Å². The van der Waals surface area contributed by atoms with Gasteiger partial charge in [0.1, 0.15) is 11.7 Å². The molecule has 0 amide bonds. The lowest BCUT2D eigenvalue weighted by Crippen LogP contribution is -2.38. The number of aliphatic imine (C=N–C) groups is 1. The van der Waals surface area contributed by atoms with E-state index in [9.17, 15) is 4.79 Å². The smallest absolute Gasteiger partial charge is 0.191 e. The van der Waals surface area contributed by atoms with Crippen LogP contribution in [0.4, 0.5) is 5.69 Å². The highest BCUT2D eigenvalue weighted by Crippen LogP contribution is 2.33. The van der Waals surface area contributed by atoms with Crippen LogP contribution in [0.1, 0.15) is 21.5 Å². The minimum absolute atomic E-state index is 0.0686. The summed E-state index contributed by atoms with van der Waals surface area (Å²) in [6, 6.07) is 9.89. The summed E-state index contributed by atoms with van der Waals surface area (Å²) in [7, 11) is 0. The molecule has 0 aliphatic carbocycles. The number of hydrogen-bond donors (Lipinski definition) is 1.